The van der Waals surface area contributed by atoms with Crippen molar-refractivity contribution in [3.8, 4) is 23.0 Å². The summed E-state index contributed by atoms with van der Waals surface area (Å²) in [7, 11) is 0. The number of nitrogens with zero attached hydrogens (tertiary/aromatic N) is 1. The lowest BCUT2D eigenvalue weighted by Gasteiger charge is -2.31. The summed E-state index contributed by atoms with van der Waals surface area (Å²) in [4.78, 5) is 27.4. The van der Waals surface area contributed by atoms with Crippen molar-refractivity contribution in [2.75, 3.05) is 26.3 Å². The Hall–Kier alpha value is -3.73. The van der Waals surface area contributed by atoms with Crippen LogP contribution in [-0.2, 0) is 22.3 Å². The molecular weight excluding hydrogens is 507 g/mol. The number of carbonyl (C=O) groups is 1. The van der Waals surface area contributed by atoms with Crippen LogP contribution in [0.15, 0.2) is 45.6 Å². The number of halogens is 3. The number of carbonyl (C=O) groups excluding carboxylic acids is 1. The van der Waals surface area contributed by atoms with Gasteiger partial charge >= 0.3 is 12.1 Å². The first-order chi connectivity index (χ1) is 18.1. The highest BCUT2D eigenvalue weighted by Gasteiger charge is 2.41. The number of alkyl halides is 3. The summed E-state index contributed by atoms with van der Waals surface area (Å²) < 4.78 is 63.7. The summed E-state index contributed by atoms with van der Waals surface area (Å²) in [5.74, 6) is -3.66. The number of rotatable bonds is 8. The standard InChI is InChI=1S/C27H28F3NO7/c1-3-35-20-9-5-6-10-21(20)37-24-22(33)17-11-12-19(32)18(23(17)38-25(24)27(28,29)30)15-31-13-7-8-16(14-31)26(34)36-4-2/h5-6,9-12,16,32H,3-4,7-8,13-15H2,1-2H3. The predicted molar refractivity (Wildman–Crippen MR) is 131 cm³/mol. The number of likely N-dealkylation sites (tertiary alicyclic amines) is 1. The molecule has 8 nitrogen and oxygen atoms in total. The quantitative estimate of drug-likeness (QED) is 0.379. The third-order valence-corrected chi connectivity index (χ3v) is 6.22. The van der Waals surface area contributed by atoms with Crippen LogP contribution in [-0.4, -0.2) is 42.3 Å². The van der Waals surface area contributed by atoms with Crippen LogP contribution in [0.25, 0.3) is 11.0 Å². The fourth-order valence-electron chi connectivity index (χ4n) is 4.51. The molecule has 0 saturated carbocycles. The second kappa shape index (κ2) is 11.3. The Morgan fingerprint density at radius 1 is 1.13 bits per heavy atom. The molecule has 1 aliphatic heterocycles. The zero-order valence-electron chi connectivity index (χ0n) is 21.0. The van der Waals surface area contributed by atoms with Crippen molar-refractivity contribution in [2.45, 2.75) is 39.4 Å². The van der Waals surface area contributed by atoms with E-state index in [9.17, 15) is 27.9 Å². The lowest BCUT2D eigenvalue weighted by Crippen LogP contribution is -2.39. The number of ether oxygens (including phenoxy) is 3. The largest absolute Gasteiger partial charge is 0.507 e. The molecule has 3 aromatic rings. The summed E-state index contributed by atoms with van der Waals surface area (Å²) in [5, 5.41) is 10.4. The van der Waals surface area contributed by atoms with E-state index in [4.69, 9.17) is 18.6 Å². The molecule has 1 aliphatic rings. The molecule has 204 valence electrons. The number of para-hydroxylation sites is 2. The van der Waals surface area contributed by atoms with Gasteiger partial charge in [0, 0.05) is 13.1 Å². The summed E-state index contributed by atoms with van der Waals surface area (Å²) in [6.45, 7) is 4.68. The zero-order valence-corrected chi connectivity index (χ0v) is 21.0. The SMILES string of the molecule is CCOC(=O)C1CCCN(Cc2c(O)ccc3c(=O)c(Oc4ccccc4OCC)c(C(F)(F)F)oc23)C1. The molecule has 0 bridgehead atoms. The molecule has 1 aromatic heterocycles. The molecule has 1 saturated heterocycles. The topological polar surface area (TPSA) is 98.4 Å². The predicted octanol–water partition coefficient (Wildman–Crippen LogP) is 5.48. The Morgan fingerprint density at radius 3 is 2.55 bits per heavy atom. The molecule has 1 N–H and O–H groups in total. The van der Waals surface area contributed by atoms with Crippen LogP contribution >= 0.6 is 0 Å². The van der Waals surface area contributed by atoms with Crippen LogP contribution in [0, 0.1) is 5.92 Å². The van der Waals surface area contributed by atoms with E-state index in [2.05, 4.69) is 0 Å². The molecule has 0 amide bonds. The second-order valence-electron chi connectivity index (χ2n) is 8.84. The average molecular weight is 536 g/mol. The number of esters is 1. The van der Waals surface area contributed by atoms with E-state index in [1.54, 1.807) is 19.9 Å². The van der Waals surface area contributed by atoms with E-state index >= 15 is 0 Å². The lowest BCUT2D eigenvalue weighted by molar-refractivity contribution is -0.154. The minimum absolute atomic E-state index is 0.0101. The molecule has 38 heavy (non-hydrogen) atoms. The maximum Gasteiger partial charge on any atom is 0.453 e. The summed E-state index contributed by atoms with van der Waals surface area (Å²) in [6.07, 6.45) is -3.80. The van der Waals surface area contributed by atoms with Gasteiger partial charge in [0.1, 0.15) is 11.3 Å². The van der Waals surface area contributed by atoms with Crippen LogP contribution in [0.2, 0.25) is 0 Å². The molecule has 0 spiro atoms. The number of phenols is 1. The number of fused-ring (bicyclic) bond motifs is 1. The van der Waals surface area contributed by atoms with E-state index in [-0.39, 0.29) is 53.9 Å². The van der Waals surface area contributed by atoms with Gasteiger partial charge in [-0.2, -0.15) is 13.2 Å². The maximum absolute atomic E-state index is 14.1. The molecule has 1 fully saturated rings. The number of phenolic OH excluding ortho intramolecular Hbond substituents is 1. The van der Waals surface area contributed by atoms with Gasteiger partial charge in [0.2, 0.25) is 11.2 Å². The molecule has 2 heterocycles. The average Bonchev–Trinajstić information content (AvgIpc) is 2.88. The molecular formula is C27H28F3NO7. The number of hydrogen-bond donors (Lipinski definition) is 1. The smallest absolute Gasteiger partial charge is 0.453 e. The number of benzene rings is 2. The Balaban J connectivity index is 1.78. The monoisotopic (exact) mass is 535 g/mol. The maximum atomic E-state index is 14.1. The Bertz CT molecular complexity index is 1370. The fourth-order valence-corrected chi connectivity index (χ4v) is 4.51. The van der Waals surface area contributed by atoms with Crippen molar-refractivity contribution in [1.82, 2.24) is 4.90 Å². The minimum Gasteiger partial charge on any atom is -0.507 e. The highest BCUT2D eigenvalue weighted by atomic mass is 19.4. The van der Waals surface area contributed by atoms with Crippen molar-refractivity contribution in [3.63, 3.8) is 0 Å². The fraction of sp³-hybridized carbons (Fsp3) is 0.407. The van der Waals surface area contributed by atoms with Gasteiger partial charge in [-0.1, -0.05) is 12.1 Å². The van der Waals surface area contributed by atoms with Crippen LogP contribution in [0.5, 0.6) is 23.0 Å². The van der Waals surface area contributed by atoms with Crippen LogP contribution in [0.1, 0.15) is 38.0 Å². The van der Waals surface area contributed by atoms with Crippen LogP contribution in [0.3, 0.4) is 0 Å². The first-order valence-corrected chi connectivity index (χ1v) is 12.3. The van der Waals surface area contributed by atoms with Gasteiger partial charge in [0.25, 0.3) is 5.76 Å². The van der Waals surface area contributed by atoms with Gasteiger partial charge in [-0.25, -0.2) is 0 Å². The second-order valence-corrected chi connectivity index (χ2v) is 8.84. The summed E-state index contributed by atoms with van der Waals surface area (Å²) >= 11 is 0. The van der Waals surface area contributed by atoms with Gasteiger partial charge < -0.3 is 23.7 Å². The van der Waals surface area contributed by atoms with Gasteiger partial charge in [-0.15, -0.1) is 0 Å². The molecule has 11 heteroatoms. The van der Waals surface area contributed by atoms with Crippen molar-refractivity contribution in [1.29, 1.82) is 0 Å². The highest BCUT2D eigenvalue weighted by Crippen LogP contribution is 2.41. The molecule has 0 aliphatic carbocycles. The Kier molecular flexibility index (Phi) is 8.15. The molecule has 1 atom stereocenters. The zero-order chi connectivity index (χ0) is 27.4. The summed E-state index contributed by atoms with van der Waals surface area (Å²) in [5.41, 5.74) is -1.43. The van der Waals surface area contributed by atoms with Crippen LogP contribution < -0.4 is 14.9 Å². The third kappa shape index (κ3) is 5.72. The van der Waals surface area contributed by atoms with Gasteiger partial charge in [0.05, 0.1) is 30.1 Å². The molecule has 0 radical (unpaired) electrons. The first-order valence-electron chi connectivity index (χ1n) is 12.3. The molecule has 1 unspecified atom stereocenters. The number of aromatic hydroxyl groups is 1. The van der Waals surface area contributed by atoms with E-state index in [0.29, 0.717) is 25.9 Å². The van der Waals surface area contributed by atoms with Crippen molar-refractivity contribution in [2.24, 2.45) is 5.92 Å². The first kappa shape index (κ1) is 27.3. The van der Waals surface area contributed by atoms with Crippen molar-refractivity contribution >= 4 is 16.9 Å². The summed E-state index contributed by atoms with van der Waals surface area (Å²) in [6, 6.07) is 8.46. The van der Waals surface area contributed by atoms with E-state index in [1.807, 2.05) is 4.90 Å². The van der Waals surface area contributed by atoms with Crippen molar-refractivity contribution < 1.29 is 41.7 Å². The third-order valence-electron chi connectivity index (χ3n) is 6.22. The number of hydrogen-bond acceptors (Lipinski definition) is 8. The Morgan fingerprint density at radius 2 is 1.87 bits per heavy atom. The highest BCUT2D eigenvalue weighted by molar-refractivity contribution is 5.83. The van der Waals surface area contributed by atoms with E-state index in [0.717, 1.165) is 0 Å². The van der Waals surface area contributed by atoms with Gasteiger partial charge in [-0.05, 0) is 57.5 Å². The van der Waals surface area contributed by atoms with Crippen LogP contribution in [0.4, 0.5) is 13.2 Å². The lowest BCUT2D eigenvalue weighted by atomic mass is 9.97. The van der Waals surface area contributed by atoms with Crippen molar-refractivity contribution in [3.05, 3.63) is 57.9 Å². The minimum atomic E-state index is -5.08. The van der Waals surface area contributed by atoms with E-state index < -0.39 is 34.6 Å². The molecule has 4 rings (SSSR count). The van der Waals surface area contributed by atoms with E-state index in [1.165, 1.54) is 30.3 Å². The van der Waals surface area contributed by atoms with Gasteiger partial charge in [-0.3, -0.25) is 14.5 Å². The number of piperidine rings is 1. The van der Waals surface area contributed by atoms with Gasteiger partial charge in [0.15, 0.2) is 11.5 Å². The normalized spacial score (nSPS) is 16.4. The Labute approximate surface area is 216 Å². The molecule has 2 aromatic carbocycles.